The topological polar surface area (TPSA) is 66.8 Å². The molecule has 5 heteroatoms. The molecule has 1 saturated carbocycles. The maximum Gasteiger partial charge on any atom is 0.309 e. The second-order valence-electron chi connectivity index (χ2n) is 8.45. The number of rotatable bonds is 9. The van der Waals surface area contributed by atoms with E-state index >= 15 is 0 Å². The first kappa shape index (κ1) is 21.6. The molecule has 1 saturated heterocycles. The molecule has 1 aliphatic carbocycles. The summed E-state index contributed by atoms with van der Waals surface area (Å²) in [7, 11) is 1.39. The lowest BCUT2D eigenvalue weighted by molar-refractivity contribution is -0.139. The highest BCUT2D eigenvalue weighted by atomic mass is 16.5. The van der Waals surface area contributed by atoms with Gasteiger partial charge in [-0.25, -0.2) is 0 Å². The van der Waals surface area contributed by atoms with E-state index in [1.807, 2.05) is 29.2 Å². The Morgan fingerprint density at radius 2 is 2.14 bits per heavy atom. The van der Waals surface area contributed by atoms with Gasteiger partial charge < -0.3 is 14.7 Å². The minimum Gasteiger partial charge on any atom is -0.469 e. The fourth-order valence-corrected chi connectivity index (χ4v) is 4.60. The van der Waals surface area contributed by atoms with E-state index in [9.17, 15) is 14.7 Å². The number of esters is 1. The number of likely N-dealkylation sites (tertiary alicyclic amines) is 1. The molecule has 29 heavy (non-hydrogen) atoms. The SMILES string of the molecule is CCC1([C@@H](O)CC=C[C@H]2CCC(=O)N2Cc2cccc(CC(=O)OC)c2)CCC1. The van der Waals surface area contributed by atoms with Gasteiger partial charge in [0.15, 0.2) is 0 Å². The predicted molar refractivity (Wildman–Crippen MR) is 112 cm³/mol. The Balaban J connectivity index is 1.60. The summed E-state index contributed by atoms with van der Waals surface area (Å²) in [5.41, 5.74) is 2.01. The molecule has 1 aromatic carbocycles. The Bertz CT molecular complexity index is 747. The molecule has 5 nitrogen and oxygen atoms in total. The van der Waals surface area contributed by atoms with Crippen molar-refractivity contribution in [3.05, 3.63) is 47.5 Å². The van der Waals surface area contributed by atoms with Gasteiger partial charge in [0.05, 0.1) is 25.7 Å². The van der Waals surface area contributed by atoms with Gasteiger partial charge in [0.25, 0.3) is 0 Å². The summed E-state index contributed by atoms with van der Waals surface area (Å²) in [6.07, 6.45) is 10.6. The number of amides is 1. The molecule has 0 bridgehead atoms. The fourth-order valence-electron chi connectivity index (χ4n) is 4.60. The molecule has 1 aromatic rings. The summed E-state index contributed by atoms with van der Waals surface area (Å²) < 4.78 is 4.74. The van der Waals surface area contributed by atoms with Gasteiger partial charge in [-0.05, 0) is 48.6 Å². The maximum absolute atomic E-state index is 12.4. The van der Waals surface area contributed by atoms with Crippen molar-refractivity contribution in [2.45, 2.75) is 77.0 Å². The summed E-state index contributed by atoms with van der Waals surface area (Å²) in [5.74, 6) is -0.113. The molecule has 158 valence electrons. The number of carbonyl (C=O) groups excluding carboxylic acids is 2. The number of carbonyl (C=O) groups is 2. The van der Waals surface area contributed by atoms with E-state index in [-0.39, 0.29) is 35.9 Å². The number of benzene rings is 1. The minimum atomic E-state index is -0.293. The van der Waals surface area contributed by atoms with E-state index in [1.165, 1.54) is 13.5 Å². The fraction of sp³-hybridized carbons (Fsp3) is 0.583. The van der Waals surface area contributed by atoms with E-state index in [0.717, 1.165) is 36.8 Å². The summed E-state index contributed by atoms with van der Waals surface area (Å²) in [6, 6.07) is 7.83. The Morgan fingerprint density at radius 1 is 1.38 bits per heavy atom. The number of methoxy groups -OCH3 is 1. The molecule has 0 unspecified atom stereocenters. The summed E-state index contributed by atoms with van der Waals surface area (Å²) >= 11 is 0. The monoisotopic (exact) mass is 399 g/mol. The van der Waals surface area contributed by atoms with E-state index in [4.69, 9.17) is 4.74 Å². The van der Waals surface area contributed by atoms with Crippen LogP contribution in [0.4, 0.5) is 0 Å². The van der Waals surface area contributed by atoms with Gasteiger partial charge in [0.1, 0.15) is 0 Å². The molecule has 2 atom stereocenters. The lowest BCUT2D eigenvalue weighted by atomic mass is 9.63. The second-order valence-corrected chi connectivity index (χ2v) is 8.45. The highest BCUT2D eigenvalue weighted by Crippen LogP contribution is 2.47. The third-order valence-electron chi connectivity index (χ3n) is 6.77. The summed E-state index contributed by atoms with van der Waals surface area (Å²) in [5, 5.41) is 10.6. The normalized spacial score (nSPS) is 22.0. The second kappa shape index (κ2) is 9.57. The first-order valence-electron chi connectivity index (χ1n) is 10.8. The summed E-state index contributed by atoms with van der Waals surface area (Å²) in [6.45, 7) is 2.70. The number of ether oxygens (including phenoxy) is 1. The van der Waals surface area contributed by atoms with Crippen LogP contribution in [0.1, 0.15) is 63.0 Å². The van der Waals surface area contributed by atoms with Crippen LogP contribution in [-0.4, -0.2) is 41.1 Å². The van der Waals surface area contributed by atoms with Crippen molar-refractivity contribution in [1.29, 1.82) is 0 Å². The van der Waals surface area contributed by atoms with Crippen LogP contribution in [-0.2, 0) is 27.3 Å². The molecule has 0 spiro atoms. The number of aliphatic hydroxyl groups is 1. The third kappa shape index (κ3) is 5.08. The number of nitrogens with zero attached hydrogens (tertiary/aromatic N) is 1. The largest absolute Gasteiger partial charge is 0.469 e. The first-order chi connectivity index (χ1) is 14.0. The van der Waals surface area contributed by atoms with Crippen molar-refractivity contribution in [1.82, 2.24) is 4.90 Å². The van der Waals surface area contributed by atoms with Gasteiger partial charge in [-0.1, -0.05) is 49.8 Å². The molecule has 0 radical (unpaired) electrons. The Labute approximate surface area is 173 Å². The molecule has 1 heterocycles. The number of aliphatic hydroxyl groups excluding tert-OH is 1. The van der Waals surface area contributed by atoms with Crippen LogP contribution in [0.25, 0.3) is 0 Å². The smallest absolute Gasteiger partial charge is 0.309 e. The zero-order valence-electron chi connectivity index (χ0n) is 17.6. The van der Waals surface area contributed by atoms with Crippen molar-refractivity contribution >= 4 is 11.9 Å². The maximum atomic E-state index is 12.4. The van der Waals surface area contributed by atoms with Gasteiger partial charge in [0, 0.05) is 13.0 Å². The van der Waals surface area contributed by atoms with Gasteiger partial charge >= 0.3 is 5.97 Å². The van der Waals surface area contributed by atoms with E-state index in [2.05, 4.69) is 19.1 Å². The third-order valence-corrected chi connectivity index (χ3v) is 6.77. The predicted octanol–water partition coefficient (Wildman–Crippen LogP) is 3.78. The molecule has 1 N–H and O–H groups in total. The average Bonchev–Trinajstić information content (AvgIpc) is 3.01. The Kier molecular flexibility index (Phi) is 7.12. The zero-order valence-corrected chi connectivity index (χ0v) is 17.6. The van der Waals surface area contributed by atoms with Crippen molar-refractivity contribution in [3.63, 3.8) is 0 Å². The van der Waals surface area contributed by atoms with Crippen molar-refractivity contribution in [2.24, 2.45) is 5.41 Å². The number of hydrogen-bond donors (Lipinski definition) is 1. The molecular formula is C24H33NO4. The van der Waals surface area contributed by atoms with Gasteiger partial charge in [-0.15, -0.1) is 0 Å². The van der Waals surface area contributed by atoms with Gasteiger partial charge in [0.2, 0.25) is 5.91 Å². The quantitative estimate of drug-likeness (QED) is 0.507. The van der Waals surface area contributed by atoms with E-state index < -0.39 is 0 Å². The highest BCUT2D eigenvalue weighted by Gasteiger charge is 2.41. The molecule has 0 aromatic heterocycles. The Hall–Kier alpha value is -2.14. The number of hydrogen-bond acceptors (Lipinski definition) is 4. The van der Waals surface area contributed by atoms with Gasteiger partial charge in [-0.2, -0.15) is 0 Å². The first-order valence-corrected chi connectivity index (χ1v) is 10.8. The van der Waals surface area contributed by atoms with E-state index in [0.29, 0.717) is 19.4 Å². The molecule has 1 amide bonds. The average molecular weight is 400 g/mol. The van der Waals surface area contributed by atoms with E-state index in [1.54, 1.807) is 0 Å². The minimum absolute atomic E-state index is 0.0675. The van der Waals surface area contributed by atoms with Crippen LogP contribution in [0.3, 0.4) is 0 Å². The molecule has 3 rings (SSSR count). The van der Waals surface area contributed by atoms with Gasteiger partial charge in [-0.3, -0.25) is 9.59 Å². The zero-order chi connectivity index (χ0) is 20.9. The lowest BCUT2D eigenvalue weighted by Gasteiger charge is -2.45. The van der Waals surface area contributed by atoms with Crippen LogP contribution in [0, 0.1) is 5.41 Å². The van der Waals surface area contributed by atoms with Crippen LogP contribution in [0.15, 0.2) is 36.4 Å². The molecular weight excluding hydrogens is 366 g/mol. The Morgan fingerprint density at radius 3 is 2.79 bits per heavy atom. The van der Waals surface area contributed by atoms with Crippen LogP contribution < -0.4 is 0 Å². The lowest BCUT2D eigenvalue weighted by Crippen LogP contribution is -2.40. The van der Waals surface area contributed by atoms with Crippen LogP contribution in [0.2, 0.25) is 0 Å². The van der Waals surface area contributed by atoms with Crippen molar-refractivity contribution in [2.75, 3.05) is 7.11 Å². The highest BCUT2D eigenvalue weighted by molar-refractivity contribution is 5.79. The summed E-state index contributed by atoms with van der Waals surface area (Å²) in [4.78, 5) is 25.8. The van der Waals surface area contributed by atoms with Crippen molar-refractivity contribution in [3.8, 4) is 0 Å². The standard InChI is InChI=1S/C24H33NO4/c1-3-24(13-6-14-24)21(26)10-5-9-20-11-12-22(27)25(20)17-19-8-4-7-18(15-19)16-23(28)29-2/h4-5,7-9,15,20-21,26H,3,6,10-14,16-17H2,1-2H3/t20-,21-/m0/s1. The van der Waals surface area contributed by atoms with Crippen molar-refractivity contribution < 1.29 is 19.4 Å². The molecule has 2 aliphatic rings. The molecule has 1 aliphatic heterocycles. The molecule has 2 fully saturated rings. The van der Waals surface area contributed by atoms with Crippen LogP contribution in [0.5, 0.6) is 0 Å². The van der Waals surface area contributed by atoms with Crippen LogP contribution >= 0.6 is 0 Å².